The molecule has 0 bridgehead atoms. The second kappa shape index (κ2) is 11.3. The number of sulfonamides is 1. The van der Waals surface area contributed by atoms with Crippen molar-refractivity contribution in [2.24, 2.45) is 5.41 Å². The summed E-state index contributed by atoms with van der Waals surface area (Å²) >= 11 is 6.12. The summed E-state index contributed by atoms with van der Waals surface area (Å²) in [6.45, 7) is 3.12. The summed E-state index contributed by atoms with van der Waals surface area (Å²) < 4.78 is 35.0. The number of halogens is 1. The van der Waals surface area contributed by atoms with Gasteiger partial charge in [0, 0.05) is 42.7 Å². The molecule has 0 amide bonds. The molecule has 0 radical (unpaired) electrons. The van der Waals surface area contributed by atoms with Gasteiger partial charge in [0.05, 0.1) is 29.2 Å². The second-order valence-electron chi connectivity index (χ2n) is 10.7. The summed E-state index contributed by atoms with van der Waals surface area (Å²) in [6.07, 6.45) is 3.52. The Bertz CT molecular complexity index is 1720. The second-order valence-corrected chi connectivity index (χ2v) is 13.1. The number of nitro groups is 1. The van der Waals surface area contributed by atoms with Crippen molar-refractivity contribution in [1.29, 1.82) is 0 Å². The molecule has 1 saturated heterocycles. The van der Waals surface area contributed by atoms with Gasteiger partial charge in [-0.05, 0) is 42.7 Å². The smallest absolute Gasteiger partial charge is 0.342 e. The maximum absolute atomic E-state index is 13.6. The van der Waals surface area contributed by atoms with Gasteiger partial charge < -0.3 is 14.7 Å². The van der Waals surface area contributed by atoms with Gasteiger partial charge in [-0.25, -0.2) is 13.2 Å². The van der Waals surface area contributed by atoms with E-state index in [-0.39, 0.29) is 42.9 Å². The van der Waals surface area contributed by atoms with Crippen LogP contribution in [0.1, 0.15) is 35.7 Å². The first kappa shape index (κ1) is 29.5. The number of piperazine rings is 1. The first-order valence-electron chi connectivity index (χ1n) is 13.1. The predicted octanol–water partition coefficient (Wildman–Crippen LogP) is 3.32. The molecule has 13 nitrogen and oxygen atoms in total. The first-order valence-corrected chi connectivity index (χ1v) is 15.1. The number of nitro benzene ring substituents is 1. The summed E-state index contributed by atoms with van der Waals surface area (Å²) in [6, 6.07) is 9.98. The Morgan fingerprint density at radius 2 is 1.88 bits per heavy atom. The average molecular weight is 618 g/mol. The average Bonchev–Trinajstić information content (AvgIpc) is 3.69. The fourth-order valence-electron chi connectivity index (χ4n) is 4.70. The van der Waals surface area contributed by atoms with Gasteiger partial charge in [-0.15, -0.1) is 0 Å². The fourth-order valence-corrected chi connectivity index (χ4v) is 6.39. The quantitative estimate of drug-likeness (QED) is 0.263. The molecule has 15 heteroatoms. The summed E-state index contributed by atoms with van der Waals surface area (Å²) in [4.78, 5) is 37.2. The van der Waals surface area contributed by atoms with Crippen LogP contribution in [0.25, 0.3) is 5.69 Å². The number of hydrogen-bond donors (Lipinski definition) is 1. The molecule has 0 spiro atoms. The van der Waals surface area contributed by atoms with Crippen molar-refractivity contribution >= 4 is 39.0 Å². The van der Waals surface area contributed by atoms with Crippen molar-refractivity contribution in [3.05, 3.63) is 85.3 Å². The highest BCUT2D eigenvalue weighted by molar-refractivity contribution is 7.88. The largest absolute Gasteiger partial charge is 0.486 e. The summed E-state index contributed by atoms with van der Waals surface area (Å²) in [5.41, 5.74) is -0.586. The van der Waals surface area contributed by atoms with Crippen LogP contribution in [0.15, 0.2) is 53.5 Å². The van der Waals surface area contributed by atoms with Gasteiger partial charge in [-0.1, -0.05) is 30.7 Å². The maximum atomic E-state index is 13.6. The summed E-state index contributed by atoms with van der Waals surface area (Å²) in [5, 5.41) is 25.3. The molecule has 1 N–H and O–H groups in total. The van der Waals surface area contributed by atoms with E-state index in [1.54, 1.807) is 24.3 Å². The molecule has 5 rings (SSSR count). The molecule has 1 aromatic heterocycles. The topological polar surface area (TPSA) is 165 Å². The molecule has 0 atom stereocenters. The van der Waals surface area contributed by atoms with E-state index in [1.807, 2.05) is 4.90 Å². The summed E-state index contributed by atoms with van der Waals surface area (Å²) in [5.74, 6) is -1.91. The van der Waals surface area contributed by atoms with Crippen molar-refractivity contribution in [2.75, 3.05) is 37.7 Å². The number of ether oxygens (including phenoxy) is 1. The Hall–Kier alpha value is -4.01. The standard InChI is InChI=1S/C27H28ClN5O8S/c1-27(7-8-27)17-41-24-23(15-29-32(25(24)34)20-4-2-3-19(28)14-20)30-9-11-31(12-10-30)42(39,40)16-18-5-6-22(33(37)38)21(13-18)26(35)36/h2-6,13-15H,7-12,16-17H2,1H3,(H,35,36). The van der Waals surface area contributed by atoms with Crippen LogP contribution in [0.4, 0.5) is 11.4 Å². The molecular weight excluding hydrogens is 590 g/mol. The third-order valence-electron chi connectivity index (χ3n) is 7.45. The van der Waals surface area contributed by atoms with E-state index < -0.39 is 43.5 Å². The number of carbonyl (C=O) groups is 1. The number of aromatic carboxylic acids is 1. The van der Waals surface area contributed by atoms with E-state index in [0.717, 1.165) is 25.0 Å². The lowest BCUT2D eigenvalue weighted by Gasteiger charge is -2.35. The Morgan fingerprint density at radius 1 is 1.17 bits per heavy atom. The van der Waals surface area contributed by atoms with Gasteiger partial charge in [-0.2, -0.15) is 14.1 Å². The Labute approximate surface area is 246 Å². The maximum Gasteiger partial charge on any atom is 0.342 e. The highest BCUT2D eigenvalue weighted by Gasteiger charge is 2.39. The zero-order chi connectivity index (χ0) is 30.2. The van der Waals surface area contributed by atoms with Crippen molar-refractivity contribution in [3.8, 4) is 11.4 Å². The van der Waals surface area contributed by atoms with Crippen molar-refractivity contribution in [2.45, 2.75) is 25.5 Å². The molecule has 222 valence electrons. The van der Waals surface area contributed by atoms with Crippen LogP contribution in [0.2, 0.25) is 5.02 Å². The Kier molecular flexibility index (Phi) is 7.96. The first-order chi connectivity index (χ1) is 19.9. The molecule has 1 aliphatic carbocycles. The highest BCUT2D eigenvalue weighted by Crippen LogP contribution is 2.45. The van der Waals surface area contributed by atoms with Crippen LogP contribution in [0.3, 0.4) is 0 Å². The highest BCUT2D eigenvalue weighted by atomic mass is 35.5. The van der Waals surface area contributed by atoms with E-state index in [9.17, 15) is 33.2 Å². The molecule has 3 aromatic rings. The molecule has 2 aromatic carbocycles. The normalized spacial score (nSPS) is 16.7. The molecule has 0 unspecified atom stereocenters. The fraction of sp³-hybridized carbons (Fsp3) is 0.370. The zero-order valence-electron chi connectivity index (χ0n) is 22.6. The molecule has 2 aliphatic rings. The monoisotopic (exact) mass is 617 g/mol. The Balaban J connectivity index is 1.35. The minimum atomic E-state index is -3.89. The molecular formula is C27H28ClN5O8S. The van der Waals surface area contributed by atoms with Crippen molar-refractivity contribution < 1.29 is 28.0 Å². The number of hydrogen-bond acceptors (Lipinski definition) is 9. The number of rotatable bonds is 10. The zero-order valence-corrected chi connectivity index (χ0v) is 24.2. The number of benzene rings is 2. The van der Waals surface area contributed by atoms with E-state index >= 15 is 0 Å². The third-order valence-corrected chi connectivity index (χ3v) is 9.53. The number of anilines is 1. The van der Waals surface area contributed by atoms with Crippen molar-refractivity contribution in [1.82, 2.24) is 14.1 Å². The van der Waals surface area contributed by atoms with Gasteiger partial charge in [0.15, 0.2) is 0 Å². The minimum absolute atomic E-state index is 0.000980. The van der Waals surface area contributed by atoms with E-state index in [1.165, 1.54) is 21.3 Å². The number of carboxylic acids is 1. The molecule has 1 aliphatic heterocycles. The molecule has 2 heterocycles. The summed E-state index contributed by atoms with van der Waals surface area (Å²) in [7, 11) is -3.89. The van der Waals surface area contributed by atoms with E-state index in [4.69, 9.17) is 16.3 Å². The van der Waals surface area contributed by atoms with Crippen LogP contribution in [-0.4, -0.2) is 71.3 Å². The van der Waals surface area contributed by atoms with Crippen LogP contribution < -0.4 is 15.2 Å². The lowest BCUT2D eigenvalue weighted by molar-refractivity contribution is -0.385. The van der Waals surface area contributed by atoms with Gasteiger partial charge in [-0.3, -0.25) is 14.9 Å². The number of carboxylic acid groups (broad SMARTS) is 1. The molecule has 42 heavy (non-hydrogen) atoms. The molecule has 2 fully saturated rings. The van der Waals surface area contributed by atoms with Gasteiger partial charge >= 0.3 is 11.5 Å². The van der Waals surface area contributed by atoms with Crippen LogP contribution in [0.5, 0.6) is 5.75 Å². The third kappa shape index (κ3) is 6.25. The van der Waals surface area contributed by atoms with Crippen molar-refractivity contribution in [3.63, 3.8) is 0 Å². The Morgan fingerprint density at radius 3 is 2.50 bits per heavy atom. The molecule has 1 saturated carbocycles. The SMILES string of the molecule is CC1(COc2c(N3CCN(S(=O)(=O)Cc4ccc([N+](=O)[O-])c(C(=O)O)c4)CC3)cnn(-c3cccc(Cl)c3)c2=O)CC1. The number of aromatic nitrogens is 2. The van der Waals surface area contributed by atoms with E-state index in [0.29, 0.717) is 23.0 Å². The lowest BCUT2D eigenvalue weighted by atomic mass is 10.1. The van der Waals surface area contributed by atoms with Gasteiger partial charge in [0.2, 0.25) is 15.8 Å². The van der Waals surface area contributed by atoms with Gasteiger partial charge in [0.1, 0.15) is 11.3 Å². The lowest BCUT2D eigenvalue weighted by Crippen LogP contribution is -2.49. The van der Waals surface area contributed by atoms with Crippen LogP contribution in [0, 0.1) is 15.5 Å². The minimum Gasteiger partial charge on any atom is -0.486 e. The predicted molar refractivity (Wildman–Crippen MR) is 154 cm³/mol. The van der Waals surface area contributed by atoms with Gasteiger partial charge in [0.25, 0.3) is 5.69 Å². The van der Waals surface area contributed by atoms with Crippen LogP contribution >= 0.6 is 11.6 Å². The number of nitrogens with zero attached hydrogens (tertiary/aromatic N) is 5. The van der Waals surface area contributed by atoms with E-state index in [2.05, 4.69) is 12.0 Å². The van der Waals surface area contributed by atoms with Crippen LogP contribution in [-0.2, 0) is 15.8 Å².